The van der Waals surface area contributed by atoms with E-state index in [0.29, 0.717) is 16.9 Å². The molecule has 1 heterocycles. The molecule has 7 heteroatoms. The van der Waals surface area contributed by atoms with Crippen LogP contribution in [0.15, 0.2) is 78.9 Å². The Balaban J connectivity index is 1.39. The minimum atomic E-state index is -0.413. The average Bonchev–Trinajstić information content (AvgIpc) is 2.90. The molecule has 1 aliphatic heterocycles. The standard InChI is InChI=1S/C27H26N4O3/c1-28-24-11-7-6-10-23(24)26(32)29-21-12-14-22(15-13-21)30-16-18-31(19-17-30)25(27(33)34-2)20-8-4-3-5-9-20/h3-15,25H,16-19H2,2H3,(H,29,32). The van der Waals surface area contributed by atoms with Gasteiger partial charge in [-0.3, -0.25) is 9.69 Å². The van der Waals surface area contributed by atoms with E-state index < -0.39 is 6.04 Å². The average molecular weight is 455 g/mol. The molecule has 3 aromatic carbocycles. The highest BCUT2D eigenvalue weighted by molar-refractivity contribution is 6.08. The molecule has 34 heavy (non-hydrogen) atoms. The Labute approximate surface area is 199 Å². The third-order valence-corrected chi connectivity index (χ3v) is 5.98. The molecule has 0 bridgehead atoms. The number of benzene rings is 3. The van der Waals surface area contributed by atoms with Gasteiger partial charge in [0.2, 0.25) is 5.91 Å². The summed E-state index contributed by atoms with van der Waals surface area (Å²) in [5.41, 5.74) is 3.34. The maximum atomic E-state index is 12.6. The van der Waals surface area contributed by atoms with Crippen molar-refractivity contribution in [2.75, 3.05) is 43.5 Å². The number of hydrogen-bond acceptors (Lipinski definition) is 5. The number of ether oxygens (including phenoxy) is 1. The number of nitrogens with zero attached hydrogens (tertiary/aromatic N) is 3. The summed E-state index contributed by atoms with van der Waals surface area (Å²) in [7, 11) is 1.43. The number of para-hydroxylation sites is 1. The number of carbonyl (C=O) groups excluding carboxylic acids is 2. The Hall–Kier alpha value is -4.15. The summed E-state index contributed by atoms with van der Waals surface area (Å²) in [6.07, 6.45) is 0. The fraction of sp³-hybridized carbons (Fsp3) is 0.222. The van der Waals surface area contributed by atoms with Crippen LogP contribution in [0, 0.1) is 6.57 Å². The van der Waals surface area contributed by atoms with Gasteiger partial charge in [-0.1, -0.05) is 54.6 Å². The Kier molecular flexibility index (Phi) is 7.21. The molecule has 0 radical (unpaired) electrons. The number of amides is 1. The Morgan fingerprint density at radius 2 is 1.56 bits per heavy atom. The highest BCUT2D eigenvalue weighted by Crippen LogP contribution is 2.26. The van der Waals surface area contributed by atoms with Crippen molar-refractivity contribution < 1.29 is 14.3 Å². The summed E-state index contributed by atoms with van der Waals surface area (Å²) in [5.74, 6) is -0.553. The van der Waals surface area contributed by atoms with E-state index in [1.807, 2.05) is 54.6 Å². The van der Waals surface area contributed by atoms with Gasteiger partial charge in [0.25, 0.3) is 0 Å². The van der Waals surface area contributed by atoms with Gasteiger partial charge >= 0.3 is 5.97 Å². The summed E-state index contributed by atoms with van der Waals surface area (Å²) >= 11 is 0. The SMILES string of the molecule is [C-]#[N+]c1ccccc1C(=O)Nc1ccc(N2CCN(C(C(=O)OC)c3ccccc3)CC2)cc1. The second kappa shape index (κ2) is 10.6. The van der Waals surface area contributed by atoms with Crippen LogP contribution in [0.4, 0.5) is 17.1 Å². The lowest BCUT2D eigenvalue weighted by Crippen LogP contribution is -2.49. The van der Waals surface area contributed by atoms with Crippen molar-refractivity contribution in [3.8, 4) is 0 Å². The van der Waals surface area contributed by atoms with E-state index in [4.69, 9.17) is 11.3 Å². The topological polar surface area (TPSA) is 66.2 Å². The number of esters is 1. The van der Waals surface area contributed by atoms with Gasteiger partial charge in [0.05, 0.1) is 13.7 Å². The van der Waals surface area contributed by atoms with Crippen LogP contribution in [-0.2, 0) is 9.53 Å². The van der Waals surface area contributed by atoms with Crippen molar-refractivity contribution in [1.29, 1.82) is 0 Å². The molecule has 1 unspecified atom stereocenters. The number of rotatable bonds is 6. The fourth-order valence-corrected chi connectivity index (χ4v) is 4.20. The third kappa shape index (κ3) is 5.08. The van der Waals surface area contributed by atoms with Gasteiger partial charge in [-0.25, -0.2) is 9.64 Å². The summed E-state index contributed by atoms with van der Waals surface area (Å²) in [5, 5.41) is 2.86. The second-order valence-electron chi connectivity index (χ2n) is 7.99. The number of carbonyl (C=O) groups is 2. The van der Waals surface area contributed by atoms with Gasteiger partial charge in [0.15, 0.2) is 5.69 Å². The first-order chi connectivity index (χ1) is 16.6. The molecule has 4 rings (SSSR count). The summed E-state index contributed by atoms with van der Waals surface area (Å²) < 4.78 is 5.08. The Morgan fingerprint density at radius 1 is 0.912 bits per heavy atom. The molecule has 1 amide bonds. The first kappa shape index (κ1) is 23.0. The second-order valence-corrected chi connectivity index (χ2v) is 7.99. The lowest BCUT2D eigenvalue weighted by Gasteiger charge is -2.39. The molecular formula is C27H26N4O3. The third-order valence-electron chi connectivity index (χ3n) is 5.98. The van der Waals surface area contributed by atoms with Crippen molar-refractivity contribution in [2.45, 2.75) is 6.04 Å². The predicted molar refractivity (Wildman–Crippen MR) is 132 cm³/mol. The largest absolute Gasteiger partial charge is 0.468 e. The van der Waals surface area contributed by atoms with Crippen molar-refractivity contribution in [3.63, 3.8) is 0 Å². The van der Waals surface area contributed by atoms with E-state index in [-0.39, 0.29) is 11.9 Å². The van der Waals surface area contributed by atoms with Gasteiger partial charge < -0.3 is 15.0 Å². The van der Waals surface area contributed by atoms with Crippen molar-refractivity contribution in [3.05, 3.63) is 101 Å². The smallest absolute Gasteiger partial charge is 0.327 e. The van der Waals surface area contributed by atoms with E-state index in [1.54, 1.807) is 24.3 Å². The highest BCUT2D eigenvalue weighted by Gasteiger charge is 2.31. The van der Waals surface area contributed by atoms with Crippen LogP contribution < -0.4 is 10.2 Å². The molecule has 0 aliphatic carbocycles. The van der Waals surface area contributed by atoms with Crippen LogP contribution in [0.2, 0.25) is 0 Å². The maximum Gasteiger partial charge on any atom is 0.327 e. The molecule has 1 saturated heterocycles. The molecule has 0 aromatic heterocycles. The van der Waals surface area contributed by atoms with E-state index in [1.165, 1.54) is 7.11 Å². The molecule has 1 N–H and O–H groups in total. The van der Waals surface area contributed by atoms with Crippen LogP contribution in [0.25, 0.3) is 4.85 Å². The predicted octanol–water partition coefficient (Wildman–Crippen LogP) is 4.53. The molecule has 3 aromatic rings. The van der Waals surface area contributed by atoms with Crippen molar-refractivity contribution >= 4 is 28.9 Å². The zero-order chi connectivity index (χ0) is 23.9. The monoisotopic (exact) mass is 454 g/mol. The molecule has 1 aliphatic rings. The maximum absolute atomic E-state index is 12.6. The van der Waals surface area contributed by atoms with Gasteiger partial charge in [-0.15, -0.1) is 0 Å². The number of methoxy groups -OCH3 is 1. The quantitative estimate of drug-likeness (QED) is 0.438. The molecule has 7 nitrogen and oxygen atoms in total. The van der Waals surface area contributed by atoms with Crippen LogP contribution >= 0.6 is 0 Å². The van der Waals surface area contributed by atoms with Crippen LogP contribution in [0.5, 0.6) is 0 Å². The first-order valence-corrected chi connectivity index (χ1v) is 11.1. The Bertz CT molecular complexity index is 1180. The van der Waals surface area contributed by atoms with Crippen LogP contribution in [0.1, 0.15) is 22.0 Å². The molecule has 1 atom stereocenters. The molecule has 1 fully saturated rings. The summed E-state index contributed by atoms with van der Waals surface area (Å²) in [6.45, 7) is 10.2. The molecule has 172 valence electrons. The number of piperazine rings is 1. The van der Waals surface area contributed by atoms with E-state index >= 15 is 0 Å². The summed E-state index contributed by atoms with van der Waals surface area (Å²) in [6, 6.07) is 23.7. The summed E-state index contributed by atoms with van der Waals surface area (Å²) in [4.78, 5) is 32.9. The minimum Gasteiger partial charge on any atom is -0.468 e. The fourth-order valence-electron chi connectivity index (χ4n) is 4.20. The highest BCUT2D eigenvalue weighted by atomic mass is 16.5. The van der Waals surface area contributed by atoms with E-state index in [2.05, 4.69) is 20.0 Å². The minimum absolute atomic E-state index is 0.250. The van der Waals surface area contributed by atoms with Crippen molar-refractivity contribution in [1.82, 2.24) is 4.90 Å². The van der Waals surface area contributed by atoms with Gasteiger partial charge in [0.1, 0.15) is 6.04 Å². The molecular weight excluding hydrogens is 428 g/mol. The van der Waals surface area contributed by atoms with E-state index in [0.717, 1.165) is 37.4 Å². The number of anilines is 2. The van der Waals surface area contributed by atoms with Crippen LogP contribution in [0.3, 0.4) is 0 Å². The lowest BCUT2D eigenvalue weighted by molar-refractivity contribution is -0.147. The van der Waals surface area contributed by atoms with Crippen molar-refractivity contribution in [2.24, 2.45) is 0 Å². The zero-order valence-corrected chi connectivity index (χ0v) is 19.0. The molecule has 0 saturated carbocycles. The number of nitrogens with one attached hydrogen (secondary N) is 1. The normalized spacial score (nSPS) is 14.6. The van der Waals surface area contributed by atoms with E-state index in [9.17, 15) is 9.59 Å². The first-order valence-electron chi connectivity index (χ1n) is 11.1. The zero-order valence-electron chi connectivity index (χ0n) is 19.0. The van der Waals surface area contributed by atoms with Gasteiger partial charge in [-0.05, 0) is 29.8 Å². The number of hydrogen-bond donors (Lipinski definition) is 1. The Morgan fingerprint density at radius 3 is 2.21 bits per heavy atom. The lowest BCUT2D eigenvalue weighted by atomic mass is 10.0. The van der Waals surface area contributed by atoms with Gasteiger partial charge in [-0.2, -0.15) is 0 Å². The van der Waals surface area contributed by atoms with Gasteiger partial charge in [0, 0.05) is 43.1 Å². The molecule has 0 spiro atoms. The van der Waals surface area contributed by atoms with Crippen LogP contribution in [-0.4, -0.2) is 50.1 Å².